The highest BCUT2D eigenvalue weighted by Gasteiger charge is 2.01. The Bertz CT molecular complexity index is 516. The molecule has 0 aliphatic heterocycles. The first-order chi connectivity index (χ1) is 8.74. The minimum absolute atomic E-state index is 0.0533. The van der Waals surface area contributed by atoms with Gasteiger partial charge in [0.1, 0.15) is 18.0 Å². The molecular formula is C11H12N4O2S. The van der Waals surface area contributed by atoms with Crippen LogP contribution in [0.4, 0.5) is 16.6 Å². The van der Waals surface area contributed by atoms with Gasteiger partial charge < -0.3 is 15.7 Å². The number of carboxylic acid groups (broad SMARTS) is 1. The maximum atomic E-state index is 10.4. The van der Waals surface area contributed by atoms with E-state index < -0.39 is 5.97 Å². The standard InChI is InChI=1S/C11H12N4O2S/c16-11(17)3-4-12-8-6-9(14-7-13-8)15-10-2-1-5-18-10/h1-2,5-7H,3-4H2,(H,16,17)(H2,12,13,14,15). The number of aromatic nitrogens is 2. The zero-order chi connectivity index (χ0) is 12.8. The molecule has 0 fully saturated rings. The SMILES string of the molecule is O=C(O)CCNc1cc(Nc2cccs2)ncn1. The van der Waals surface area contributed by atoms with E-state index in [1.165, 1.54) is 6.33 Å². The summed E-state index contributed by atoms with van der Waals surface area (Å²) in [6, 6.07) is 5.63. The van der Waals surface area contributed by atoms with Gasteiger partial charge in [-0.05, 0) is 17.5 Å². The fourth-order valence-corrected chi connectivity index (χ4v) is 1.92. The predicted molar refractivity (Wildman–Crippen MR) is 70.4 cm³/mol. The maximum Gasteiger partial charge on any atom is 0.305 e. The molecule has 2 aromatic rings. The van der Waals surface area contributed by atoms with Crippen molar-refractivity contribution in [2.75, 3.05) is 17.2 Å². The van der Waals surface area contributed by atoms with Crippen molar-refractivity contribution in [1.29, 1.82) is 0 Å². The minimum Gasteiger partial charge on any atom is -0.481 e. The van der Waals surface area contributed by atoms with Crippen LogP contribution in [0.2, 0.25) is 0 Å². The normalized spacial score (nSPS) is 10.0. The Labute approximate surface area is 108 Å². The Morgan fingerprint density at radius 2 is 2.22 bits per heavy atom. The second-order valence-corrected chi connectivity index (χ2v) is 4.41. The Kier molecular flexibility index (Phi) is 4.08. The van der Waals surface area contributed by atoms with Gasteiger partial charge in [-0.25, -0.2) is 9.97 Å². The summed E-state index contributed by atoms with van der Waals surface area (Å²) in [4.78, 5) is 18.5. The quantitative estimate of drug-likeness (QED) is 0.741. The van der Waals surface area contributed by atoms with Crippen molar-refractivity contribution >= 4 is 33.9 Å². The fraction of sp³-hybridized carbons (Fsp3) is 0.182. The number of aliphatic carboxylic acids is 1. The van der Waals surface area contributed by atoms with E-state index in [0.717, 1.165) is 5.00 Å². The van der Waals surface area contributed by atoms with Gasteiger partial charge in [0.15, 0.2) is 0 Å². The molecule has 0 aliphatic carbocycles. The molecular weight excluding hydrogens is 252 g/mol. The summed E-state index contributed by atoms with van der Waals surface area (Å²) in [5.74, 6) is 0.434. The molecule has 3 N–H and O–H groups in total. The number of carboxylic acids is 1. The smallest absolute Gasteiger partial charge is 0.305 e. The number of carbonyl (C=O) groups is 1. The van der Waals surface area contributed by atoms with Crippen LogP contribution in [-0.2, 0) is 4.79 Å². The number of nitrogens with one attached hydrogen (secondary N) is 2. The van der Waals surface area contributed by atoms with Crippen LogP contribution in [0.5, 0.6) is 0 Å². The summed E-state index contributed by atoms with van der Waals surface area (Å²) in [5.41, 5.74) is 0. The highest BCUT2D eigenvalue weighted by atomic mass is 32.1. The van der Waals surface area contributed by atoms with E-state index in [9.17, 15) is 4.79 Å². The molecule has 94 valence electrons. The molecule has 6 nitrogen and oxygen atoms in total. The van der Waals surface area contributed by atoms with Crippen molar-refractivity contribution in [2.24, 2.45) is 0 Å². The van der Waals surface area contributed by atoms with Gasteiger partial charge in [0, 0.05) is 12.6 Å². The largest absolute Gasteiger partial charge is 0.481 e. The van der Waals surface area contributed by atoms with E-state index >= 15 is 0 Å². The van der Waals surface area contributed by atoms with Crippen LogP contribution in [-0.4, -0.2) is 27.6 Å². The van der Waals surface area contributed by atoms with Gasteiger partial charge in [-0.1, -0.05) is 0 Å². The lowest BCUT2D eigenvalue weighted by atomic mass is 10.4. The summed E-state index contributed by atoms with van der Waals surface area (Å²) in [6.07, 6.45) is 1.48. The molecule has 0 amide bonds. The Hall–Kier alpha value is -2.15. The highest BCUT2D eigenvalue weighted by Crippen LogP contribution is 2.20. The molecule has 0 aromatic carbocycles. The summed E-state index contributed by atoms with van der Waals surface area (Å²) >= 11 is 1.58. The second kappa shape index (κ2) is 5.97. The van der Waals surface area contributed by atoms with Crippen molar-refractivity contribution in [3.63, 3.8) is 0 Å². The fourth-order valence-electron chi connectivity index (χ4n) is 1.30. The van der Waals surface area contributed by atoms with Crippen molar-refractivity contribution < 1.29 is 9.90 Å². The third-order valence-corrected chi connectivity index (χ3v) is 2.87. The Morgan fingerprint density at radius 1 is 1.39 bits per heavy atom. The number of hydrogen-bond donors (Lipinski definition) is 3. The average molecular weight is 264 g/mol. The van der Waals surface area contributed by atoms with Crippen LogP contribution >= 0.6 is 11.3 Å². The number of rotatable bonds is 6. The lowest BCUT2D eigenvalue weighted by Gasteiger charge is -2.06. The van der Waals surface area contributed by atoms with Crippen LogP contribution in [0.3, 0.4) is 0 Å². The molecule has 2 aromatic heterocycles. The van der Waals surface area contributed by atoms with Crippen LogP contribution < -0.4 is 10.6 Å². The average Bonchev–Trinajstić information content (AvgIpc) is 2.82. The van der Waals surface area contributed by atoms with Crippen molar-refractivity contribution in [2.45, 2.75) is 6.42 Å². The molecule has 2 rings (SSSR count). The lowest BCUT2D eigenvalue weighted by Crippen LogP contribution is -2.09. The van der Waals surface area contributed by atoms with Gasteiger partial charge in [-0.3, -0.25) is 4.79 Å². The van der Waals surface area contributed by atoms with Crippen LogP contribution in [0.25, 0.3) is 0 Å². The molecule has 2 heterocycles. The van der Waals surface area contributed by atoms with E-state index in [4.69, 9.17) is 5.11 Å². The van der Waals surface area contributed by atoms with Crippen LogP contribution in [0, 0.1) is 0 Å². The number of nitrogens with zero attached hydrogens (tertiary/aromatic N) is 2. The van der Waals surface area contributed by atoms with Crippen molar-refractivity contribution in [1.82, 2.24) is 9.97 Å². The monoisotopic (exact) mass is 264 g/mol. The first-order valence-corrected chi connectivity index (χ1v) is 6.20. The Morgan fingerprint density at radius 3 is 2.94 bits per heavy atom. The van der Waals surface area contributed by atoms with Crippen LogP contribution in [0.15, 0.2) is 29.9 Å². The molecule has 18 heavy (non-hydrogen) atoms. The second-order valence-electron chi connectivity index (χ2n) is 3.46. The van der Waals surface area contributed by atoms with E-state index in [1.54, 1.807) is 17.4 Å². The van der Waals surface area contributed by atoms with Crippen LogP contribution in [0.1, 0.15) is 6.42 Å². The molecule has 0 unspecified atom stereocenters. The summed E-state index contributed by atoms with van der Waals surface area (Å²) in [5, 5.41) is 17.6. The van der Waals surface area contributed by atoms with E-state index in [-0.39, 0.29) is 6.42 Å². The highest BCUT2D eigenvalue weighted by molar-refractivity contribution is 7.14. The summed E-state index contributed by atoms with van der Waals surface area (Å²) < 4.78 is 0. The minimum atomic E-state index is -0.839. The third kappa shape index (κ3) is 3.70. The Balaban J connectivity index is 1.94. The van der Waals surface area contributed by atoms with Gasteiger partial charge >= 0.3 is 5.97 Å². The van der Waals surface area contributed by atoms with E-state index in [1.807, 2.05) is 17.5 Å². The van der Waals surface area contributed by atoms with Crippen molar-refractivity contribution in [3.05, 3.63) is 29.9 Å². The predicted octanol–water partition coefficient (Wildman–Crippen LogP) is 2.17. The number of hydrogen-bond acceptors (Lipinski definition) is 6. The lowest BCUT2D eigenvalue weighted by molar-refractivity contribution is -0.136. The maximum absolute atomic E-state index is 10.4. The molecule has 0 saturated carbocycles. The van der Waals surface area contributed by atoms with E-state index in [0.29, 0.717) is 18.2 Å². The molecule has 7 heteroatoms. The topological polar surface area (TPSA) is 87.1 Å². The first kappa shape index (κ1) is 12.3. The summed E-state index contributed by atoms with van der Waals surface area (Å²) in [6.45, 7) is 0.338. The third-order valence-electron chi connectivity index (χ3n) is 2.08. The molecule has 0 aliphatic rings. The molecule has 0 saturated heterocycles. The first-order valence-electron chi connectivity index (χ1n) is 5.32. The zero-order valence-electron chi connectivity index (χ0n) is 9.46. The van der Waals surface area contributed by atoms with Gasteiger partial charge in [0.2, 0.25) is 0 Å². The van der Waals surface area contributed by atoms with Gasteiger partial charge in [-0.2, -0.15) is 0 Å². The molecule has 0 atom stereocenters. The number of anilines is 3. The zero-order valence-corrected chi connectivity index (χ0v) is 10.3. The van der Waals surface area contributed by atoms with E-state index in [2.05, 4.69) is 20.6 Å². The number of thiophene rings is 1. The van der Waals surface area contributed by atoms with Gasteiger partial charge in [0.05, 0.1) is 11.4 Å². The molecule has 0 bridgehead atoms. The van der Waals surface area contributed by atoms with Gasteiger partial charge in [-0.15, -0.1) is 11.3 Å². The molecule has 0 radical (unpaired) electrons. The van der Waals surface area contributed by atoms with Gasteiger partial charge in [0.25, 0.3) is 0 Å². The molecule has 0 spiro atoms. The van der Waals surface area contributed by atoms with Crippen molar-refractivity contribution in [3.8, 4) is 0 Å². The summed E-state index contributed by atoms with van der Waals surface area (Å²) in [7, 11) is 0.